The van der Waals surface area contributed by atoms with Crippen molar-refractivity contribution in [3.63, 3.8) is 0 Å². The number of nitrogens with two attached hydrogens (primary N) is 1. The number of hydrogen-bond acceptors (Lipinski definition) is 3. The zero-order valence-electron chi connectivity index (χ0n) is 14.8. The average molecular weight is 446 g/mol. The Hall–Kier alpha value is -1.02. The third-order valence-corrected chi connectivity index (χ3v) is 4.46. The van der Waals surface area contributed by atoms with E-state index in [-0.39, 0.29) is 24.0 Å². The Bertz CT molecular complexity index is 510. The molecule has 1 aliphatic rings. The number of hydrogen-bond donors (Lipinski definition) is 2. The number of benzene rings is 1. The van der Waals surface area contributed by atoms with E-state index in [0.29, 0.717) is 12.0 Å². The summed E-state index contributed by atoms with van der Waals surface area (Å²) in [6.45, 7) is 6.16. The molecule has 6 heteroatoms. The summed E-state index contributed by atoms with van der Waals surface area (Å²) in [5.74, 6) is 1.48. The van der Waals surface area contributed by atoms with Gasteiger partial charge in [-0.25, -0.2) is 0 Å². The lowest BCUT2D eigenvalue weighted by Gasteiger charge is -2.20. The highest BCUT2D eigenvalue weighted by atomic mass is 127. The van der Waals surface area contributed by atoms with Crippen molar-refractivity contribution >= 4 is 29.9 Å². The Balaban J connectivity index is 0.00000288. The molecule has 0 saturated carbocycles. The van der Waals surface area contributed by atoms with Gasteiger partial charge in [-0.2, -0.15) is 0 Å². The van der Waals surface area contributed by atoms with Crippen molar-refractivity contribution in [2.75, 3.05) is 33.3 Å². The third kappa shape index (κ3) is 6.84. The van der Waals surface area contributed by atoms with Crippen LogP contribution in [0.3, 0.4) is 0 Å². The van der Waals surface area contributed by atoms with Crippen molar-refractivity contribution in [2.45, 2.75) is 38.6 Å². The first-order chi connectivity index (χ1) is 11.2. The molecule has 5 nitrogen and oxygen atoms in total. The highest BCUT2D eigenvalue weighted by Crippen LogP contribution is 2.16. The predicted octanol–water partition coefficient (Wildman–Crippen LogP) is 2.63. The lowest BCUT2D eigenvalue weighted by molar-refractivity contribution is 0.273. The Morgan fingerprint density at radius 2 is 2.29 bits per heavy atom. The molecule has 0 aliphatic carbocycles. The standard InChI is InChI=1S/C18H30N4O.HI/c1-3-22-12-6-9-16(22)14-21-18(19)20-11-5-8-15-7-4-10-17(13-15)23-2;/h4,7,10,13,16H,3,5-6,8-9,11-12,14H2,1-2H3,(H3,19,20,21);1H. The SMILES string of the molecule is CCN1CCCC1CN=C(N)NCCCc1cccc(OC)c1.I. The van der Waals surface area contributed by atoms with Gasteiger partial charge in [0.05, 0.1) is 13.7 Å². The highest BCUT2D eigenvalue weighted by Gasteiger charge is 2.22. The summed E-state index contributed by atoms with van der Waals surface area (Å²) >= 11 is 0. The number of aliphatic imine (C=N–C) groups is 1. The van der Waals surface area contributed by atoms with Crippen LogP contribution in [0.15, 0.2) is 29.3 Å². The summed E-state index contributed by atoms with van der Waals surface area (Å²) in [6.07, 6.45) is 4.54. The average Bonchev–Trinajstić information content (AvgIpc) is 3.04. The molecule has 0 aromatic heterocycles. The molecule has 1 saturated heterocycles. The number of ether oxygens (including phenoxy) is 1. The van der Waals surface area contributed by atoms with Crippen LogP contribution in [0.25, 0.3) is 0 Å². The van der Waals surface area contributed by atoms with Gasteiger partial charge in [-0.15, -0.1) is 24.0 Å². The highest BCUT2D eigenvalue weighted by molar-refractivity contribution is 14.0. The molecule has 3 N–H and O–H groups in total. The summed E-state index contributed by atoms with van der Waals surface area (Å²) in [4.78, 5) is 6.98. The maximum absolute atomic E-state index is 5.96. The van der Waals surface area contributed by atoms with Gasteiger partial charge in [-0.05, 0) is 56.5 Å². The summed E-state index contributed by atoms with van der Waals surface area (Å²) in [5.41, 5.74) is 7.25. The van der Waals surface area contributed by atoms with Gasteiger partial charge in [0.1, 0.15) is 5.75 Å². The Morgan fingerprint density at radius 1 is 1.46 bits per heavy atom. The summed E-state index contributed by atoms with van der Waals surface area (Å²) < 4.78 is 5.24. The number of rotatable bonds is 8. The molecule has 1 unspecified atom stereocenters. The van der Waals surface area contributed by atoms with Crippen molar-refractivity contribution in [1.29, 1.82) is 0 Å². The molecule has 0 amide bonds. The van der Waals surface area contributed by atoms with Gasteiger partial charge in [-0.3, -0.25) is 9.89 Å². The molecular formula is C18H31IN4O. The van der Waals surface area contributed by atoms with Crippen molar-refractivity contribution in [2.24, 2.45) is 10.7 Å². The van der Waals surface area contributed by atoms with E-state index in [9.17, 15) is 0 Å². The molecule has 1 aromatic carbocycles. The van der Waals surface area contributed by atoms with Crippen LogP contribution in [-0.2, 0) is 6.42 Å². The first-order valence-corrected chi connectivity index (χ1v) is 8.63. The van der Waals surface area contributed by atoms with Gasteiger partial charge in [0.2, 0.25) is 0 Å². The van der Waals surface area contributed by atoms with Crippen LogP contribution in [-0.4, -0.2) is 50.2 Å². The maximum atomic E-state index is 5.96. The molecular weight excluding hydrogens is 415 g/mol. The third-order valence-electron chi connectivity index (χ3n) is 4.46. The minimum absolute atomic E-state index is 0. The molecule has 136 valence electrons. The first kappa shape index (κ1) is 21.0. The van der Waals surface area contributed by atoms with Gasteiger partial charge in [0, 0.05) is 12.6 Å². The van der Waals surface area contributed by atoms with E-state index >= 15 is 0 Å². The van der Waals surface area contributed by atoms with E-state index in [1.807, 2.05) is 12.1 Å². The number of guanidine groups is 1. The smallest absolute Gasteiger partial charge is 0.188 e. The second-order valence-electron chi connectivity index (χ2n) is 6.03. The Morgan fingerprint density at radius 3 is 3.04 bits per heavy atom. The number of nitrogens with zero attached hydrogens (tertiary/aromatic N) is 2. The summed E-state index contributed by atoms with van der Waals surface area (Å²) in [7, 11) is 1.70. The molecule has 1 aliphatic heterocycles. The van der Waals surface area contributed by atoms with E-state index < -0.39 is 0 Å². The van der Waals surface area contributed by atoms with Crippen LogP contribution in [0.2, 0.25) is 0 Å². The quantitative estimate of drug-likeness (QED) is 0.279. The van der Waals surface area contributed by atoms with Gasteiger partial charge >= 0.3 is 0 Å². The number of likely N-dealkylation sites (N-methyl/N-ethyl adjacent to an activating group) is 1. The topological polar surface area (TPSA) is 62.9 Å². The van der Waals surface area contributed by atoms with Crippen LogP contribution in [0.1, 0.15) is 31.7 Å². The molecule has 2 rings (SSSR count). The second-order valence-corrected chi connectivity index (χ2v) is 6.03. The Kier molecular flexibility index (Phi) is 10.1. The lowest BCUT2D eigenvalue weighted by atomic mass is 10.1. The van der Waals surface area contributed by atoms with Crippen molar-refractivity contribution in [3.8, 4) is 5.75 Å². The summed E-state index contributed by atoms with van der Waals surface area (Å²) in [5, 5.41) is 3.22. The van der Waals surface area contributed by atoms with E-state index in [2.05, 4.69) is 34.3 Å². The van der Waals surface area contributed by atoms with Gasteiger partial charge in [-0.1, -0.05) is 19.1 Å². The van der Waals surface area contributed by atoms with Crippen LogP contribution in [0, 0.1) is 0 Å². The first-order valence-electron chi connectivity index (χ1n) is 8.63. The van der Waals surface area contributed by atoms with Crippen molar-refractivity contribution in [3.05, 3.63) is 29.8 Å². The number of nitrogens with one attached hydrogen (secondary N) is 1. The van der Waals surface area contributed by atoms with Gasteiger partial charge in [0.25, 0.3) is 0 Å². The fourth-order valence-corrected chi connectivity index (χ4v) is 3.11. The predicted molar refractivity (Wildman–Crippen MR) is 111 cm³/mol. The molecule has 1 atom stereocenters. The van der Waals surface area contributed by atoms with Gasteiger partial charge in [0.15, 0.2) is 5.96 Å². The normalized spacial score (nSPS) is 18.2. The molecule has 24 heavy (non-hydrogen) atoms. The second kappa shape index (κ2) is 11.5. The molecule has 1 heterocycles. The number of methoxy groups -OCH3 is 1. The number of likely N-dealkylation sites (tertiary alicyclic amines) is 1. The maximum Gasteiger partial charge on any atom is 0.188 e. The van der Waals surface area contributed by atoms with Crippen LogP contribution in [0.4, 0.5) is 0 Å². The summed E-state index contributed by atoms with van der Waals surface area (Å²) in [6, 6.07) is 8.76. The van der Waals surface area contributed by atoms with Crippen LogP contribution >= 0.6 is 24.0 Å². The van der Waals surface area contributed by atoms with Gasteiger partial charge < -0.3 is 15.8 Å². The van der Waals surface area contributed by atoms with E-state index in [1.165, 1.54) is 24.9 Å². The zero-order valence-corrected chi connectivity index (χ0v) is 17.2. The minimum Gasteiger partial charge on any atom is -0.497 e. The molecule has 0 bridgehead atoms. The lowest BCUT2D eigenvalue weighted by Crippen LogP contribution is -2.36. The van der Waals surface area contributed by atoms with E-state index in [1.54, 1.807) is 7.11 Å². The van der Waals surface area contributed by atoms with E-state index in [4.69, 9.17) is 10.5 Å². The monoisotopic (exact) mass is 446 g/mol. The van der Waals surface area contributed by atoms with E-state index in [0.717, 1.165) is 38.2 Å². The zero-order chi connectivity index (χ0) is 16.5. The Labute approximate surface area is 163 Å². The molecule has 1 aromatic rings. The van der Waals surface area contributed by atoms with Crippen molar-refractivity contribution in [1.82, 2.24) is 10.2 Å². The molecule has 0 radical (unpaired) electrons. The fraction of sp³-hybridized carbons (Fsp3) is 0.611. The molecule has 1 fully saturated rings. The van der Waals surface area contributed by atoms with Crippen LogP contribution < -0.4 is 15.8 Å². The minimum atomic E-state index is 0. The molecule has 0 spiro atoms. The largest absolute Gasteiger partial charge is 0.497 e. The van der Waals surface area contributed by atoms with Crippen molar-refractivity contribution < 1.29 is 4.74 Å². The fourth-order valence-electron chi connectivity index (χ4n) is 3.11. The number of halogens is 1. The van der Waals surface area contributed by atoms with Crippen LogP contribution in [0.5, 0.6) is 5.75 Å². The number of aryl methyl sites for hydroxylation is 1.